The van der Waals surface area contributed by atoms with Crippen LogP contribution in [-0.4, -0.2) is 28.5 Å². The fraction of sp³-hybridized carbons (Fsp3) is 0.158. The Balaban J connectivity index is 1.50. The first-order valence-electron chi connectivity index (χ1n) is 8.42. The van der Waals surface area contributed by atoms with Crippen LogP contribution in [0.15, 0.2) is 63.9 Å². The van der Waals surface area contributed by atoms with Crippen molar-refractivity contribution in [2.24, 2.45) is 4.99 Å². The average molecular weight is 396 g/mol. The molecule has 0 spiro atoms. The maximum Gasteiger partial charge on any atom is 0.287 e. The molecule has 8 heteroatoms. The van der Waals surface area contributed by atoms with Crippen molar-refractivity contribution < 1.29 is 4.79 Å². The predicted molar refractivity (Wildman–Crippen MR) is 108 cm³/mol. The van der Waals surface area contributed by atoms with Gasteiger partial charge < -0.3 is 10.0 Å². The van der Waals surface area contributed by atoms with Crippen LogP contribution in [0.3, 0.4) is 0 Å². The van der Waals surface area contributed by atoms with Gasteiger partial charge in [0.2, 0.25) is 5.84 Å². The number of hydrogen-bond donors (Lipinski definition) is 2. The van der Waals surface area contributed by atoms with Gasteiger partial charge in [0.1, 0.15) is 10.5 Å². The number of rotatable bonds is 5. The summed E-state index contributed by atoms with van der Waals surface area (Å²) < 4.78 is 3.03. The molecular weight excluding hydrogens is 378 g/mol. The molecule has 0 aliphatic carbocycles. The monoisotopic (exact) mass is 395 g/mol. The summed E-state index contributed by atoms with van der Waals surface area (Å²) >= 11 is 2.89. The maximum atomic E-state index is 12.6. The van der Waals surface area contributed by atoms with Crippen molar-refractivity contribution in [1.82, 2.24) is 20.2 Å². The number of amidine groups is 1. The summed E-state index contributed by atoms with van der Waals surface area (Å²) in [5, 5.41) is 12.0. The van der Waals surface area contributed by atoms with Crippen molar-refractivity contribution in [2.75, 3.05) is 6.54 Å². The SMILES string of the molecule is Cc1ccc2c(c1)SNC(C(=O)NCC(c1ccccc1)c1nncs1)=N2. The highest BCUT2D eigenvalue weighted by atomic mass is 32.2. The zero-order valence-corrected chi connectivity index (χ0v) is 16.2. The second kappa shape index (κ2) is 7.89. The van der Waals surface area contributed by atoms with Crippen LogP contribution in [0.4, 0.5) is 5.69 Å². The van der Waals surface area contributed by atoms with E-state index in [-0.39, 0.29) is 11.8 Å². The highest BCUT2D eigenvalue weighted by molar-refractivity contribution is 7.98. The minimum Gasteiger partial charge on any atom is -0.348 e. The first-order chi connectivity index (χ1) is 13.2. The number of hydrogen-bond acceptors (Lipinski definition) is 7. The molecule has 136 valence electrons. The Labute approximate surface area is 165 Å². The van der Waals surface area contributed by atoms with Crippen molar-refractivity contribution in [3.8, 4) is 0 Å². The summed E-state index contributed by atoms with van der Waals surface area (Å²) in [5.41, 5.74) is 4.76. The summed E-state index contributed by atoms with van der Waals surface area (Å²) in [7, 11) is 0. The second-order valence-corrected chi connectivity index (χ2v) is 7.80. The lowest BCUT2D eigenvalue weighted by molar-refractivity contribution is -0.114. The fourth-order valence-corrected chi connectivity index (χ4v) is 4.27. The molecule has 1 aliphatic rings. The number of aromatic nitrogens is 2. The topological polar surface area (TPSA) is 79.3 Å². The fourth-order valence-electron chi connectivity index (χ4n) is 2.78. The molecule has 2 N–H and O–H groups in total. The molecule has 0 bridgehead atoms. The molecular formula is C19H17N5OS2. The number of nitrogens with zero attached hydrogens (tertiary/aromatic N) is 3. The molecule has 1 aliphatic heterocycles. The summed E-state index contributed by atoms with van der Waals surface area (Å²) in [4.78, 5) is 18.1. The summed E-state index contributed by atoms with van der Waals surface area (Å²) in [5.74, 6) is 0.0222. The zero-order valence-electron chi connectivity index (χ0n) is 14.5. The van der Waals surface area contributed by atoms with E-state index in [4.69, 9.17) is 0 Å². The van der Waals surface area contributed by atoms with Crippen LogP contribution in [0.2, 0.25) is 0 Å². The molecule has 2 heterocycles. The normalized spacial score (nSPS) is 13.9. The van der Waals surface area contributed by atoms with E-state index in [1.54, 1.807) is 5.51 Å². The van der Waals surface area contributed by atoms with Crippen LogP contribution in [-0.2, 0) is 4.79 Å². The Bertz CT molecular complexity index is 973. The molecule has 1 unspecified atom stereocenters. The molecule has 6 nitrogen and oxygen atoms in total. The van der Waals surface area contributed by atoms with Crippen LogP contribution in [0.25, 0.3) is 0 Å². The molecule has 1 amide bonds. The Kier molecular flexibility index (Phi) is 5.17. The standard InChI is InChI=1S/C19H17N5OS2/c1-12-7-8-15-16(9-12)27-24-17(22-15)18(25)20-10-14(19-23-21-11-26-19)13-5-3-2-4-6-13/h2-9,11,14H,10H2,1H3,(H,20,25)(H,22,24). The van der Waals surface area contributed by atoms with E-state index in [0.717, 1.165) is 26.7 Å². The van der Waals surface area contributed by atoms with E-state index in [0.29, 0.717) is 12.4 Å². The van der Waals surface area contributed by atoms with Gasteiger partial charge >= 0.3 is 0 Å². The third-order valence-electron chi connectivity index (χ3n) is 4.16. The number of fused-ring (bicyclic) bond motifs is 1. The van der Waals surface area contributed by atoms with Gasteiger partial charge in [0.15, 0.2) is 0 Å². The van der Waals surface area contributed by atoms with E-state index < -0.39 is 0 Å². The highest BCUT2D eigenvalue weighted by Gasteiger charge is 2.22. The summed E-state index contributed by atoms with van der Waals surface area (Å²) in [6.07, 6.45) is 0. The molecule has 0 saturated heterocycles. The minimum atomic E-state index is -0.237. The number of carbonyl (C=O) groups is 1. The van der Waals surface area contributed by atoms with Gasteiger partial charge in [0, 0.05) is 6.54 Å². The van der Waals surface area contributed by atoms with Gasteiger partial charge in [-0.05, 0) is 42.1 Å². The Morgan fingerprint density at radius 1 is 1.22 bits per heavy atom. The van der Waals surface area contributed by atoms with Gasteiger partial charge in [-0.15, -0.1) is 21.5 Å². The van der Waals surface area contributed by atoms with Crippen molar-refractivity contribution >= 4 is 40.7 Å². The molecule has 27 heavy (non-hydrogen) atoms. The predicted octanol–water partition coefficient (Wildman–Crippen LogP) is 3.44. The first kappa shape index (κ1) is 17.7. The lowest BCUT2D eigenvalue weighted by Crippen LogP contribution is -2.40. The Hall–Kier alpha value is -2.71. The number of amides is 1. The van der Waals surface area contributed by atoms with Crippen LogP contribution in [0.5, 0.6) is 0 Å². The molecule has 1 atom stereocenters. The van der Waals surface area contributed by atoms with Crippen LogP contribution in [0, 0.1) is 6.92 Å². The second-order valence-electron chi connectivity index (χ2n) is 6.09. The van der Waals surface area contributed by atoms with Gasteiger partial charge in [-0.1, -0.05) is 36.4 Å². The molecule has 3 aromatic rings. The van der Waals surface area contributed by atoms with Gasteiger partial charge in [-0.25, -0.2) is 4.99 Å². The minimum absolute atomic E-state index is 0.0468. The quantitative estimate of drug-likeness (QED) is 0.647. The summed E-state index contributed by atoms with van der Waals surface area (Å²) in [6.45, 7) is 2.45. The van der Waals surface area contributed by atoms with Crippen LogP contribution in [0.1, 0.15) is 22.1 Å². The Morgan fingerprint density at radius 2 is 2.07 bits per heavy atom. The smallest absolute Gasteiger partial charge is 0.287 e. The third kappa shape index (κ3) is 4.01. The van der Waals surface area contributed by atoms with Crippen molar-refractivity contribution in [3.05, 3.63) is 70.2 Å². The molecule has 1 aromatic heterocycles. The van der Waals surface area contributed by atoms with Gasteiger partial charge in [0.05, 0.1) is 16.5 Å². The van der Waals surface area contributed by atoms with Gasteiger partial charge in [-0.2, -0.15) is 0 Å². The average Bonchev–Trinajstić information content (AvgIpc) is 3.23. The molecule has 2 aromatic carbocycles. The Morgan fingerprint density at radius 3 is 2.85 bits per heavy atom. The zero-order chi connectivity index (χ0) is 18.6. The van der Waals surface area contributed by atoms with Crippen LogP contribution >= 0.6 is 23.3 Å². The molecule has 0 radical (unpaired) electrons. The highest BCUT2D eigenvalue weighted by Crippen LogP contribution is 2.32. The van der Waals surface area contributed by atoms with Gasteiger partial charge in [0.25, 0.3) is 5.91 Å². The number of carbonyl (C=O) groups excluding carboxylic acids is 1. The van der Waals surface area contributed by atoms with Crippen LogP contribution < -0.4 is 10.0 Å². The van der Waals surface area contributed by atoms with E-state index in [1.807, 2.05) is 55.5 Å². The van der Waals surface area contributed by atoms with E-state index in [9.17, 15) is 4.79 Å². The van der Waals surface area contributed by atoms with Crippen molar-refractivity contribution in [2.45, 2.75) is 17.7 Å². The lowest BCUT2D eigenvalue weighted by atomic mass is 10.00. The lowest BCUT2D eigenvalue weighted by Gasteiger charge is -2.19. The number of aliphatic imine (C=N–C) groups is 1. The van der Waals surface area contributed by atoms with Gasteiger partial charge in [-0.3, -0.25) is 4.79 Å². The molecule has 0 fully saturated rings. The number of aryl methyl sites for hydroxylation is 1. The maximum absolute atomic E-state index is 12.6. The molecule has 4 rings (SSSR count). The van der Waals surface area contributed by atoms with E-state index in [2.05, 4.69) is 25.2 Å². The van der Waals surface area contributed by atoms with E-state index in [1.165, 1.54) is 23.3 Å². The largest absolute Gasteiger partial charge is 0.348 e. The molecule has 0 saturated carbocycles. The third-order valence-corrected chi connectivity index (χ3v) is 5.81. The summed E-state index contributed by atoms with van der Waals surface area (Å²) in [6, 6.07) is 16.0. The van der Waals surface area contributed by atoms with Crippen molar-refractivity contribution in [1.29, 1.82) is 0 Å². The van der Waals surface area contributed by atoms with E-state index >= 15 is 0 Å². The van der Waals surface area contributed by atoms with Crippen molar-refractivity contribution in [3.63, 3.8) is 0 Å². The number of nitrogens with one attached hydrogen (secondary N) is 2. The first-order valence-corrected chi connectivity index (χ1v) is 10.1. The number of benzene rings is 2.